The number of carbonyl (C=O) groups is 2. The first kappa shape index (κ1) is 20.6. The number of aliphatic carboxylic acids is 1. The highest BCUT2D eigenvalue weighted by Gasteiger charge is 2.23. The molecule has 2 rings (SSSR count). The Hall–Kier alpha value is -2.70. The first-order valence-corrected chi connectivity index (χ1v) is 9.53. The molecule has 7 heteroatoms. The maximum Gasteiger partial charge on any atom is 0.326 e. The van der Waals surface area contributed by atoms with Crippen LogP contribution in [0.15, 0.2) is 29.1 Å². The van der Waals surface area contributed by atoms with Crippen molar-refractivity contribution in [2.45, 2.75) is 65.0 Å². The van der Waals surface area contributed by atoms with Crippen molar-refractivity contribution in [1.29, 1.82) is 0 Å². The van der Waals surface area contributed by atoms with Crippen LogP contribution in [0.3, 0.4) is 0 Å². The van der Waals surface area contributed by atoms with Crippen LogP contribution in [0.5, 0.6) is 0 Å². The second-order valence-electron chi connectivity index (χ2n) is 6.64. The van der Waals surface area contributed by atoms with Crippen LogP contribution in [0.2, 0.25) is 0 Å². The fraction of sp³-hybridized carbons (Fsp3) is 0.500. The maximum absolute atomic E-state index is 12.8. The lowest BCUT2D eigenvalue weighted by Gasteiger charge is -2.15. The van der Waals surface area contributed by atoms with Gasteiger partial charge in [-0.3, -0.25) is 9.59 Å². The number of nitrogens with one attached hydrogen (secondary N) is 1. The molecule has 1 amide bonds. The molecule has 1 unspecified atom stereocenters. The van der Waals surface area contributed by atoms with E-state index in [1.807, 2.05) is 6.92 Å². The molecule has 0 aliphatic carbocycles. The predicted molar refractivity (Wildman–Crippen MR) is 104 cm³/mol. The highest BCUT2D eigenvalue weighted by Crippen LogP contribution is 2.14. The lowest BCUT2D eigenvalue weighted by molar-refractivity contribution is -0.139. The Morgan fingerprint density at radius 1 is 1.11 bits per heavy atom. The molecule has 1 atom stereocenters. The number of unbranched alkanes of at least 4 members (excludes halogenated alkanes) is 3. The van der Waals surface area contributed by atoms with Gasteiger partial charge in [-0.25, -0.2) is 9.48 Å². The Kier molecular flexibility index (Phi) is 7.52. The average Bonchev–Trinajstić information content (AvgIpc) is 2.66. The third-order valence-corrected chi connectivity index (χ3v) is 4.51. The molecule has 2 aromatic rings. The van der Waals surface area contributed by atoms with Gasteiger partial charge in [0.2, 0.25) is 0 Å². The van der Waals surface area contributed by atoms with Gasteiger partial charge in [-0.05, 0) is 18.9 Å². The third-order valence-electron chi connectivity index (χ3n) is 4.51. The van der Waals surface area contributed by atoms with E-state index in [0.29, 0.717) is 30.2 Å². The van der Waals surface area contributed by atoms with E-state index < -0.39 is 17.9 Å². The maximum atomic E-state index is 12.8. The van der Waals surface area contributed by atoms with Gasteiger partial charge in [-0.2, -0.15) is 5.10 Å². The van der Waals surface area contributed by atoms with Gasteiger partial charge < -0.3 is 10.4 Å². The molecule has 146 valence electrons. The van der Waals surface area contributed by atoms with Crippen LogP contribution in [0.25, 0.3) is 10.8 Å². The zero-order valence-electron chi connectivity index (χ0n) is 15.9. The molecule has 0 aliphatic rings. The van der Waals surface area contributed by atoms with Crippen molar-refractivity contribution in [3.8, 4) is 0 Å². The average molecular weight is 373 g/mol. The minimum atomic E-state index is -1.07. The van der Waals surface area contributed by atoms with Crippen LogP contribution >= 0.6 is 0 Å². The van der Waals surface area contributed by atoms with Gasteiger partial charge in [0.15, 0.2) is 5.69 Å². The Labute approximate surface area is 158 Å². The summed E-state index contributed by atoms with van der Waals surface area (Å²) in [5.41, 5.74) is -0.150. The van der Waals surface area contributed by atoms with E-state index in [4.69, 9.17) is 0 Å². The summed E-state index contributed by atoms with van der Waals surface area (Å²) in [5.74, 6) is -1.64. The van der Waals surface area contributed by atoms with Crippen molar-refractivity contribution in [3.05, 3.63) is 40.3 Å². The Bertz CT molecular complexity index is 860. The number of nitrogens with zero attached hydrogens (tertiary/aromatic N) is 2. The molecule has 0 fully saturated rings. The molecule has 0 radical (unpaired) electrons. The Morgan fingerprint density at radius 2 is 1.78 bits per heavy atom. The van der Waals surface area contributed by atoms with Gasteiger partial charge in [0.05, 0.1) is 5.39 Å². The number of hydrogen-bond acceptors (Lipinski definition) is 4. The van der Waals surface area contributed by atoms with Crippen LogP contribution in [0.4, 0.5) is 0 Å². The molecule has 1 aromatic heterocycles. The molecule has 0 spiro atoms. The first-order chi connectivity index (χ1) is 13.0. The number of fused-ring (bicyclic) bond motifs is 1. The summed E-state index contributed by atoms with van der Waals surface area (Å²) in [4.78, 5) is 36.9. The molecule has 27 heavy (non-hydrogen) atoms. The molecule has 0 saturated carbocycles. The van der Waals surface area contributed by atoms with Gasteiger partial charge in [0, 0.05) is 11.9 Å². The number of hydrogen-bond donors (Lipinski definition) is 2. The summed E-state index contributed by atoms with van der Waals surface area (Å²) in [6, 6.07) is 5.82. The number of rotatable bonds is 10. The third kappa shape index (κ3) is 5.15. The number of carbonyl (C=O) groups excluding carboxylic acids is 1. The molecule has 1 aromatic carbocycles. The fourth-order valence-corrected chi connectivity index (χ4v) is 2.96. The number of carboxylic acid groups (broad SMARTS) is 1. The molecule has 1 heterocycles. The molecule has 7 nitrogen and oxygen atoms in total. The van der Waals surface area contributed by atoms with Gasteiger partial charge >= 0.3 is 5.97 Å². The van der Waals surface area contributed by atoms with E-state index in [1.54, 1.807) is 24.3 Å². The highest BCUT2D eigenvalue weighted by atomic mass is 16.4. The molecule has 0 bridgehead atoms. The molecular formula is C20H27N3O4. The quantitative estimate of drug-likeness (QED) is 0.624. The Balaban J connectivity index is 2.40. The zero-order valence-corrected chi connectivity index (χ0v) is 15.9. The lowest BCUT2D eigenvalue weighted by Crippen LogP contribution is -2.42. The standard InChI is InChI=1S/C20H27N3O4/c1-3-5-9-13-23-19(25)15-11-8-7-10-14(15)17(22-23)18(24)21-16(20(26)27)12-6-4-2/h7-8,10-11,16H,3-6,9,12-13H2,1-2H3,(H,21,24)(H,26,27). The number of benzene rings is 1. The number of carboxylic acids is 1. The second kappa shape index (κ2) is 9.85. The van der Waals surface area contributed by atoms with Crippen molar-refractivity contribution < 1.29 is 14.7 Å². The Morgan fingerprint density at radius 3 is 2.41 bits per heavy atom. The van der Waals surface area contributed by atoms with Crippen molar-refractivity contribution in [3.63, 3.8) is 0 Å². The topological polar surface area (TPSA) is 101 Å². The van der Waals surface area contributed by atoms with E-state index in [2.05, 4.69) is 17.3 Å². The van der Waals surface area contributed by atoms with E-state index in [-0.39, 0.29) is 11.3 Å². The highest BCUT2D eigenvalue weighted by molar-refractivity contribution is 6.05. The number of amides is 1. The van der Waals surface area contributed by atoms with Gasteiger partial charge in [-0.1, -0.05) is 57.7 Å². The largest absolute Gasteiger partial charge is 0.480 e. The lowest BCUT2D eigenvalue weighted by atomic mass is 10.1. The van der Waals surface area contributed by atoms with Gasteiger partial charge in [0.25, 0.3) is 11.5 Å². The van der Waals surface area contributed by atoms with Crippen LogP contribution in [-0.4, -0.2) is 32.8 Å². The zero-order chi connectivity index (χ0) is 19.8. The van der Waals surface area contributed by atoms with Crippen LogP contribution in [0, 0.1) is 0 Å². The van der Waals surface area contributed by atoms with Crippen molar-refractivity contribution >= 4 is 22.6 Å². The summed E-state index contributed by atoms with van der Waals surface area (Å²) in [5, 5.41) is 17.0. The summed E-state index contributed by atoms with van der Waals surface area (Å²) in [6.45, 7) is 4.45. The SMILES string of the molecule is CCCCCn1nc(C(=O)NC(CCCC)C(=O)O)c2ccccc2c1=O. The summed E-state index contributed by atoms with van der Waals surface area (Å²) in [7, 11) is 0. The monoisotopic (exact) mass is 373 g/mol. The normalized spacial score (nSPS) is 12.1. The molecule has 2 N–H and O–H groups in total. The van der Waals surface area contributed by atoms with Crippen molar-refractivity contribution in [1.82, 2.24) is 15.1 Å². The molecular weight excluding hydrogens is 346 g/mol. The van der Waals surface area contributed by atoms with Crippen LogP contribution in [-0.2, 0) is 11.3 Å². The van der Waals surface area contributed by atoms with E-state index in [0.717, 1.165) is 25.7 Å². The minimum Gasteiger partial charge on any atom is -0.480 e. The van der Waals surface area contributed by atoms with E-state index in [9.17, 15) is 19.5 Å². The molecule has 0 aliphatic heterocycles. The predicted octanol–water partition coefficient (Wildman–Crippen LogP) is 2.96. The summed E-state index contributed by atoms with van der Waals surface area (Å²) < 4.78 is 1.31. The minimum absolute atomic E-state index is 0.0875. The van der Waals surface area contributed by atoms with Crippen LogP contribution < -0.4 is 10.9 Å². The van der Waals surface area contributed by atoms with E-state index in [1.165, 1.54) is 4.68 Å². The van der Waals surface area contributed by atoms with Crippen LogP contribution in [0.1, 0.15) is 62.9 Å². The second-order valence-corrected chi connectivity index (χ2v) is 6.64. The summed E-state index contributed by atoms with van der Waals surface area (Å²) >= 11 is 0. The summed E-state index contributed by atoms with van der Waals surface area (Å²) in [6.07, 6.45) is 4.64. The number of aromatic nitrogens is 2. The fourth-order valence-electron chi connectivity index (χ4n) is 2.96. The van der Waals surface area contributed by atoms with Gasteiger partial charge in [0.1, 0.15) is 6.04 Å². The smallest absolute Gasteiger partial charge is 0.326 e. The van der Waals surface area contributed by atoms with Crippen molar-refractivity contribution in [2.24, 2.45) is 0 Å². The van der Waals surface area contributed by atoms with Crippen molar-refractivity contribution in [2.75, 3.05) is 0 Å². The van der Waals surface area contributed by atoms with Gasteiger partial charge in [-0.15, -0.1) is 0 Å². The first-order valence-electron chi connectivity index (χ1n) is 9.53. The number of aryl methyl sites for hydroxylation is 1. The van der Waals surface area contributed by atoms with E-state index >= 15 is 0 Å². The molecule has 0 saturated heterocycles.